The third kappa shape index (κ3) is 4.18. The van der Waals surface area contributed by atoms with Crippen LogP contribution in [-0.2, 0) is 9.84 Å². The number of alkyl halides is 3. The Morgan fingerprint density at radius 2 is 1.77 bits per heavy atom. The Labute approximate surface area is 232 Å². The third-order valence-corrected chi connectivity index (χ3v) is 8.39. The fourth-order valence-electron chi connectivity index (χ4n) is 4.04. The van der Waals surface area contributed by atoms with Gasteiger partial charge in [-0.3, -0.25) is 14.2 Å². The molecule has 39 heavy (non-hydrogen) atoms. The number of fused-ring (bicyclic) bond motifs is 4. The zero-order chi connectivity index (χ0) is 28.6. The maximum absolute atomic E-state index is 13.6. The molecule has 2 aromatic carbocycles. The van der Waals surface area contributed by atoms with Gasteiger partial charge in [0.25, 0.3) is 9.84 Å². The first-order valence-electron chi connectivity index (χ1n) is 10.6. The number of carbonyl (C=O) groups is 2. The molecule has 2 N–H and O–H groups in total. The van der Waals surface area contributed by atoms with Gasteiger partial charge in [-0.25, -0.2) is 8.42 Å². The second-order valence-corrected chi connectivity index (χ2v) is 11.5. The number of nitrogens with zero attached hydrogens (tertiary/aromatic N) is 1. The number of hydrogen-bond donors (Lipinski definition) is 2. The maximum atomic E-state index is 13.6. The van der Waals surface area contributed by atoms with Crippen molar-refractivity contribution >= 4 is 56.2 Å². The number of halogens is 6. The van der Waals surface area contributed by atoms with Gasteiger partial charge in [0.05, 0.1) is 27.4 Å². The normalized spacial score (nSPS) is 13.2. The van der Waals surface area contributed by atoms with E-state index in [9.17, 15) is 36.3 Å². The zero-order valence-electron chi connectivity index (χ0n) is 19.2. The first kappa shape index (κ1) is 27.1. The molecule has 0 radical (unpaired) electrons. The Hall–Kier alpha value is -3.45. The highest BCUT2D eigenvalue weighted by Gasteiger charge is 2.47. The Balaban J connectivity index is 1.74. The van der Waals surface area contributed by atoms with Gasteiger partial charge in [0, 0.05) is 0 Å². The van der Waals surface area contributed by atoms with Gasteiger partial charge in [-0.15, -0.1) is 0 Å². The molecule has 0 amide bonds. The number of ether oxygens (including phenoxy) is 1. The largest absolute Gasteiger partial charge is 0.507 e. The molecule has 0 unspecified atom stereocenters. The third-order valence-electron chi connectivity index (χ3n) is 5.88. The van der Waals surface area contributed by atoms with Crippen LogP contribution in [0.15, 0.2) is 47.4 Å². The van der Waals surface area contributed by atoms with Crippen LogP contribution in [-0.4, -0.2) is 40.2 Å². The van der Waals surface area contributed by atoms with E-state index in [0.717, 1.165) is 16.2 Å². The highest BCUT2D eigenvalue weighted by atomic mass is 35.5. The summed E-state index contributed by atoms with van der Waals surface area (Å²) in [4.78, 5) is 28.4. The molecule has 1 aliphatic heterocycles. The molecule has 0 saturated heterocycles. The van der Waals surface area contributed by atoms with Crippen LogP contribution in [0.3, 0.4) is 0 Å². The number of benzene rings is 2. The average Bonchev–Trinajstić information content (AvgIpc) is 3.31. The van der Waals surface area contributed by atoms with Crippen molar-refractivity contribution in [2.75, 3.05) is 0 Å². The lowest BCUT2D eigenvalue weighted by Gasteiger charge is -2.20. The number of aromatic amines is 1. The molecular formula is C24H12Cl3F3N2O6S. The van der Waals surface area contributed by atoms with E-state index in [2.05, 4.69) is 4.98 Å². The summed E-state index contributed by atoms with van der Waals surface area (Å²) in [5, 5.41) is 9.93. The first-order chi connectivity index (χ1) is 18.1. The van der Waals surface area contributed by atoms with Gasteiger partial charge in [-0.2, -0.15) is 13.2 Å². The molecule has 3 heterocycles. The van der Waals surface area contributed by atoms with Gasteiger partial charge < -0.3 is 14.8 Å². The number of rotatable bonds is 3. The quantitative estimate of drug-likeness (QED) is 0.219. The van der Waals surface area contributed by atoms with Crippen molar-refractivity contribution in [2.24, 2.45) is 0 Å². The van der Waals surface area contributed by atoms with Crippen LogP contribution in [0.1, 0.15) is 37.7 Å². The van der Waals surface area contributed by atoms with E-state index in [4.69, 9.17) is 39.5 Å². The molecule has 0 aliphatic carbocycles. The summed E-state index contributed by atoms with van der Waals surface area (Å²) < 4.78 is 69.4. The summed E-state index contributed by atoms with van der Waals surface area (Å²) in [5.41, 5.74) is -5.91. The summed E-state index contributed by atoms with van der Waals surface area (Å²) in [6.45, 7) is 1.75. The van der Waals surface area contributed by atoms with Gasteiger partial charge in [0.15, 0.2) is 0 Å². The van der Waals surface area contributed by atoms with Gasteiger partial charge >= 0.3 is 5.51 Å². The number of ketones is 2. The fraction of sp³-hybridized carbons (Fsp3) is 0.0833. The lowest BCUT2D eigenvalue weighted by Crippen LogP contribution is -2.23. The van der Waals surface area contributed by atoms with Crippen molar-refractivity contribution in [3.8, 4) is 23.1 Å². The molecule has 15 heteroatoms. The van der Waals surface area contributed by atoms with Crippen LogP contribution in [0.5, 0.6) is 17.4 Å². The lowest BCUT2D eigenvalue weighted by molar-refractivity contribution is -0.0436. The van der Waals surface area contributed by atoms with Crippen LogP contribution in [0, 0.1) is 6.92 Å². The van der Waals surface area contributed by atoms with E-state index in [1.54, 1.807) is 19.1 Å². The number of hydrogen-bond acceptors (Lipinski definition) is 6. The number of aromatic hydroxyl groups is 1. The molecule has 4 aromatic rings. The minimum absolute atomic E-state index is 0.0947. The standard InChI is InChI=1S/C24H12Cl3F3N2O6S/c1-9-2-4-12-16(6-9)38-23-13(25)8-14(32(23)19-17(26)22(27)31-18(19)21(12)35)20(34)11-5-3-10(7-15(11)33)39(36,37)24(28,29)30/h2-8,31,33H,1H3. The number of aromatic nitrogens is 2. The topological polar surface area (TPSA) is 118 Å². The summed E-state index contributed by atoms with van der Waals surface area (Å²) in [6, 6.07) is 7.43. The summed E-state index contributed by atoms with van der Waals surface area (Å²) in [5.74, 6) is -2.73. The van der Waals surface area contributed by atoms with Crippen molar-refractivity contribution in [1.29, 1.82) is 0 Å². The molecule has 8 nitrogen and oxygen atoms in total. The Bertz CT molecular complexity index is 1840. The molecule has 5 rings (SSSR count). The molecule has 0 fully saturated rings. The molecule has 0 saturated carbocycles. The van der Waals surface area contributed by atoms with Gasteiger partial charge in [0.1, 0.15) is 32.4 Å². The van der Waals surface area contributed by atoms with Gasteiger partial charge in [-0.05, 0) is 48.9 Å². The minimum atomic E-state index is -5.80. The summed E-state index contributed by atoms with van der Waals surface area (Å²) >= 11 is 19.0. The Kier molecular flexibility index (Phi) is 6.30. The predicted molar refractivity (Wildman–Crippen MR) is 135 cm³/mol. The Morgan fingerprint density at radius 1 is 1.08 bits per heavy atom. The summed E-state index contributed by atoms with van der Waals surface area (Å²) in [7, 11) is -5.80. The molecule has 0 bridgehead atoms. The number of aryl methyl sites for hydroxylation is 1. The van der Waals surface area contributed by atoms with Crippen molar-refractivity contribution in [1.82, 2.24) is 9.55 Å². The van der Waals surface area contributed by atoms with Crippen molar-refractivity contribution < 1.29 is 41.0 Å². The van der Waals surface area contributed by atoms with E-state index in [1.165, 1.54) is 6.07 Å². The number of sulfone groups is 1. The van der Waals surface area contributed by atoms with Crippen LogP contribution in [0.2, 0.25) is 15.2 Å². The number of phenolic OH excluding ortho intramolecular Hbond substituents is 1. The minimum Gasteiger partial charge on any atom is -0.507 e. The predicted octanol–water partition coefficient (Wildman–Crippen LogP) is 6.64. The maximum Gasteiger partial charge on any atom is 0.501 e. The molecule has 2 aromatic heterocycles. The van der Waals surface area contributed by atoms with Crippen molar-refractivity contribution in [3.63, 3.8) is 0 Å². The monoisotopic (exact) mass is 618 g/mol. The first-order valence-corrected chi connectivity index (χ1v) is 13.3. The number of H-pyrrole nitrogens is 1. The smallest absolute Gasteiger partial charge is 0.501 e. The van der Waals surface area contributed by atoms with E-state index in [0.29, 0.717) is 18.2 Å². The average molecular weight is 620 g/mol. The SMILES string of the molecule is Cc1ccc2c(c1)Oc1c(Cl)cc(C(=O)c3ccc(S(=O)(=O)C(F)(F)F)cc3O)n1-c1c([nH]c(Cl)c1Cl)C2=O. The van der Waals surface area contributed by atoms with E-state index in [-0.39, 0.29) is 49.5 Å². The summed E-state index contributed by atoms with van der Waals surface area (Å²) in [6.07, 6.45) is 0. The number of phenols is 1. The van der Waals surface area contributed by atoms with Crippen LogP contribution in [0.25, 0.3) is 5.69 Å². The van der Waals surface area contributed by atoms with Crippen LogP contribution < -0.4 is 4.74 Å². The lowest BCUT2D eigenvalue weighted by atomic mass is 10.0. The van der Waals surface area contributed by atoms with E-state index < -0.39 is 43.1 Å². The Morgan fingerprint density at radius 3 is 2.41 bits per heavy atom. The molecule has 0 spiro atoms. The van der Waals surface area contributed by atoms with Crippen LogP contribution >= 0.6 is 34.8 Å². The van der Waals surface area contributed by atoms with Crippen molar-refractivity contribution in [3.05, 3.63) is 85.7 Å². The molecular weight excluding hydrogens is 608 g/mol. The van der Waals surface area contributed by atoms with Crippen molar-refractivity contribution in [2.45, 2.75) is 17.3 Å². The number of carbonyl (C=O) groups excluding carboxylic acids is 2. The second-order valence-electron chi connectivity index (χ2n) is 8.38. The second kappa shape index (κ2) is 9.05. The number of nitrogens with one attached hydrogen (secondary N) is 1. The highest BCUT2D eigenvalue weighted by Crippen LogP contribution is 2.45. The van der Waals surface area contributed by atoms with Gasteiger partial charge in [0.2, 0.25) is 17.4 Å². The zero-order valence-corrected chi connectivity index (χ0v) is 22.2. The van der Waals surface area contributed by atoms with E-state index >= 15 is 0 Å². The van der Waals surface area contributed by atoms with Gasteiger partial charge in [-0.1, -0.05) is 40.9 Å². The molecule has 1 aliphatic rings. The van der Waals surface area contributed by atoms with E-state index in [1.807, 2.05) is 0 Å². The highest BCUT2D eigenvalue weighted by molar-refractivity contribution is 7.92. The fourth-order valence-corrected chi connectivity index (χ4v) is 5.46. The molecule has 202 valence electrons. The van der Waals surface area contributed by atoms with Crippen LogP contribution in [0.4, 0.5) is 13.2 Å². The molecule has 0 atom stereocenters.